The molecule has 2 aliphatic heterocycles. The summed E-state index contributed by atoms with van der Waals surface area (Å²) in [7, 11) is 3.26. The second kappa shape index (κ2) is 15.1. The number of carboxylic acid groups (broad SMARTS) is 1. The monoisotopic (exact) mass is 669 g/mol. The van der Waals surface area contributed by atoms with Crippen LogP contribution in [0.5, 0.6) is 11.5 Å². The number of nitrogens with two attached hydrogens (primary N) is 2. The lowest BCUT2D eigenvalue weighted by Gasteiger charge is -2.49. The average molecular weight is 670 g/mol. The van der Waals surface area contributed by atoms with E-state index in [-0.39, 0.29) is 48.2 Å². The number of Topliss-reactive ketones (excluding diaryl/α,β-unsaturated/α-hetero) is 1. The van der Waals surface area contributed by atoms with Crippen molar-refractivity contribution in [3.8, 4) is 11.5 Å². The summed E-state index contributed by atoms with van der Waals surface area (Å²) in [6.45, 7) is 3.04. The fourth-order valence-electron chi connectivity index (χ4n) is 5.08. The van der Waals surface area contributed by atoms with Gasteiger partial charge in [0.25, 0.3) is 0 Å². The molecule has 0 spiro atoms. The molecule has 3 aromatic rings. The van der Waals surface area contributed by atoms with Crippen LogP contribution >= 0.6 is 23.1 Å². The van der Waals surface area contributed by atoms with Crippen molar-refractivity contribution in [2.45, 2.75) is 38.5 Å². The summed E-state index contributed by atoms with van der Waals surface area (Å²) in [5, 5.41) is 11.0. The van der Waals surface area contributed by atoms with Gasteiger partial charge < -0.3 is 30.8 Å². The van der Waals surface area contributed by atoms with Gasteiger partial charge >= 0.3 is 11.9 Å². The number of methoxy groups -OCH3 is 2. The Hall–Kier alpha value is -4.63. The van der Waals surface area contributed by atoms with Gasteiger partial charge in [0, 0.05) is 59.7 Å². The molecule has 0 bridgehead atoms. The number of fused-ring (bicyclic) bond motifs is 1. The SMILES string of the molecule is CC(=O)OCC1=C(C(=O)O)N2C(=O)[C@@H](CC(=O)Cc3cccs3)[C@H]2SC1.COc1cc(Cc2cnc(N)nc2N)cc(OC)c1C. The zero-order chi connectivity index (χ0) is 33.5. The topological polar surface area (TPSA) is 197 Å². The molecule has 1 saturated heterocycles. The Labute approximate surface area is 273 Å². The average Bonchev–Trinajstić information content (AvgIpc) is 3.53. The number of nitrogen functional groups attached to an aromatic ring is 2. The Morgan fingerprint density at radius 2 is 1.85 bits per heavy atom. The molecule has 1 aromatic carbocycles. The molecule has 5 N–H and O–H groups in total. The first-order valence-corrected chi connectivity index (χ1v) is 16.0. The number of thioether (sulfide) groups is 1. The van der Waals surface area contributed by atoms with E-state index >= 15 is 0 Å². The summed E-state index contributed by atoms with van der Waals surface area (Å²) in [4.78, 5) is 57.4. The lowest BCUT2D eigenvalue weighted by Crippen LogP contribution is -2.62. The van der Waals surface area contributed by atoms with E-state index < -0.39 is 17.9 Å². The van der Waals surface area contributed by atoms with Crippen molar-refractivity contribution in [3.05, 3.63) is 68.7 Å². The number of ketones is 1. The van der Waals surface area contributed by atoms with Gasteiger partial charge in [0.2, 0.25) is 11.9 Å². The summed E-state index contributed by atoms with van der Waals surface area (Å²) in [5.41, 5.74) is 14.4. The second-order valence-corrected chi connectivity index (χ2v) is 12.6. The standard InChI is InChI=1S/C17H17NO6S2.C14H18N4O2/c1-9(19)24-7-10-8-26-16-13(15(21)18(16)14(10)17(22)23)6-11(20)5-12-3-2-4-25-12;1-8-11(19-2)5-9(6-12(8)20-3)4-10-7-17-14(16)18-13(10)15/h2-4,13,16H,5-8H2,1H3,(H,22,23);5-7H,4H2,1-3H3,(H4,15,16,17,18)/t13-,16-;/m1./s1. The number of carboxylic acids is 1. The molecule has 244 valence electrons. The van der Waals surface area contributed by atoms with Crippen molar-refractivity contribution in [2.75, 3.05) is 38.0 Å². The first-order valence-electron chi connectivity index (χ1n) is 14.1. The number of amides is 1. The molecule has 2 aliphatic rings. The minimum atomic E-state index is -1.23. The number of thiophene rings is 1. The molecule has 0 radical (unpaired) electrons. The highest BCUT2D eigenvalue weighted by atomic mass is 32.2. The lowest BCUT2D eigenvalue weighted by molar-refractivity contribution is -0.154. The van der Waals surface area contributed by atoms with Gasteiger partial charge in [0.05, 0.1) is 25.5 Å². The van der Waals surface area contributed by atoms with E-state index in [4.69, 9.17) is 25.7 Å². The number of esters is 1. The number of anilines is 2. The van der Waals surface area contributed by atoms with Crippen LogP contribution in [0.25, 0.3) is 0 Å². The number of carbonyl (C=O) groups excluding carboxylic acids is 3. The molecule has 13 nitrogen and oxygen atoms in total. The number of hydrogen-bond acceptors (Lipinski definition) is 13. The van der Waals surface area contributed by atoms with Crippen LogP contribution in [0.3, 0.4) is 0 Å². The van der Waals surface area contributed by atoms with Gasteiger partial charge in [-0.15, -0.1) is 23.1 Å². The molecule has 0 aliphatic carbocycles. The molecule has 0 saturated carbocycles. The van der Waals surface area contributed by atoms with Crippen LogP contribution in [-0.2, 0) is 36.8 Å². The Morgan fingerprint density at radius 1 is 1.15 bits per heavy atom. The van der Waals surface area contributed by atoms with Crippen molar-refractivity contribution in [1.29, 1.82) is 0 Å². The fourth-order valence-corrected chi connectivity index (χ4v) is 7.20. The van der Waals surface area contributed by atoms with Crippen molar-refractivity contribution in [3.63, 3.8) is 0 Å². The number of β-lactam (4-membered cyclic amide) rings is 1. The van der Waals surface area contributed by atoms with E-state index in [9.17, 15) is 24.3 Å². The van der Waals surface area contributed by atoms with Gasteiger partial charge in [-0.1, -0.05) is 6.07 Å². The van der Waals surface area contributed by atoms with E-state index in [1.165, 1.54) is 34.9 Å². The van der Waals surface area contributed by atoms with Gasteiger partial charge in [-0.25, -0.2) is 9.78 Å². The largest absolute Gasteiger partial charge is 0.496 e. The number of hydrogen-bond donors (Lipinski definition) is 3. The summed E-state index contributed by atoms with van der Waals surface area (Å²) >= 11 is 2.89. The lowest BCUT2D eigenvalue weighted by atomic mass is 9.89. The Bertz CT molecular complexity index is 1640. The van der Waals surface area contributed by atoms with Crippen LogP contribution in [-0.4, -0.2) is 75.6 Å². The normalized spacial score (nSPS) is 16.9. The van der Waals surface area contributed by atoms with Crippen LogP contribution in [0.15, 0.2) is 47.1 Å². The smallest absolute Gasteiger partial charge is 0.352 e. The van der Waals surface area contributed by atoms with Crippen molar-refractivity contribution < 1.29 is 38.5 Å². The van der Waals surface area contributed by atoms with Gasteiger partial charge in [-0.3, -0.25) is 19.3 Å². The number of carbonyl (C=O) groups is 4. The van der Waals surface area contributed by atoms with E-state index in [1.807, 2.05) is 36.6 Å². The van der Waals surface area contributed by atoms with Crippen LogP contribution in [0, 0.1) is 12.8 Å². The van der Waals surface area contributed by atoms with E-state index in [1.54, 1.807) is 20.4 Å². The summed E-state index contributed by atoms with van der Waals surface area (Å²) < 4.78 is 15.6. The first kappa shape index (κ1) is 34.2. The zero-order valence-corrected chi connectivity index (χ0v) is 27.4. The third kappa shape index (κ3) is 7.95. The van der Waals surface area contributed by atoms with Crippen LogP contribution in [0.1, 0.15) is 34.9 Å². The van der Waals surface area contributed by atoms with Crippen LogP contribution in [0.4, 0.5) is 11.8 Å². The molecule has 0 unspecified atom stereocenters. The van der Waals surface area contributed by atoms with Crippen LogP contribution < -0.4 is 20.9 Å². The predicted octanol–water partition coefficient (Wildman–Crippen LogP) is 3.24. The first-order chi connectivity index (χ1) is 21.9. The number of rotatable bonds is 11. The number of ether oxygens (including phenoxy) is 3. The van der Waals surface area contributed by atoms with E-state index in [2.05, 4.69) is 9.97 Å². The number of nitrogens with zero attached hydrogens (tertiary/aromatic N) is 3. The van der Waals surface area contributed by atoms with Crippen molar-refractivity contribution in [2.24, 2.45) is 5.92 Å². The summed E-state index contributed by atoms with van der Waals surface area (Å²) in [6, 6.07) is 7.65. The zero-order valence-electron chi connectivity index (χ0n) is 25.8. The van der Waals surface area contributed by atoms with Gasteiger partial charge in [0.15, 0.2) is 0 Å². The molecule has 1 fully saturated rings. The highest BCUT2D eigenvalue weighted by molar-refractivity contribution is 8.00. The summed E-state index contributed by atoms with van der Waals surface area (Å²) in [6.07, 6.45) is 2.62. The van der Waals surface area contributed by atoms with Crippen molar-refractivity contribution in [1.82, 2.24) is 14.9 Å². The highest BCUT2D eigenvalue weighted by Crippen LogP contribution is 2.45. The number of benzene rings is 1. The van der Waals surface area contributed by atoms with Gasteiger partial charge in [0.1, 0.15) is 35.4 Å². The van der Waals surface area contributed by atoms with Gasteiger partial charge in [-0.05, 0) is 36.1 Å². The maximum Gasteiger partial charge on any atom is 0.352 e. The summed E-state index contributed by atoms with van der Waals surface area (Å²) in [5.74, 6) is -0.187. The molecule has 1 amide bonds. The van der Waals surface area contributed by atoms with E-state index in [0.717, 1.165) is 33.1 Å². The third-order valence-electron chi connectivity index (χ3n) is 7.33. The molecule has 15 heteroatoms. The minimum Gasteiger partial charge on any atom is -0.496 e. The highest BCUT2D eigenvalue weighted by Gasteiger charge is 2.53. The Kier molecular flexibility index (Phi) is 11.2. The molecular weight excluding hydrogens is 635 g/mol. The Morgan fingerprint density at radius 3 is 2.41 bits per heavy atom. The quantitative estimate of drug-likeness (QED) is 0.199. The number of aromatic nitrogens is 2. The fraction of sp³-hybridized carbons (Fsp3) is 0.355. The number of aliphatic carboxylic acids is 1. The maximum absolute atomic E-state index is 12.5. The molecule has 4 heterocycles. The third-order valence-corrected chi connectivity index (χ3v) is 9.60. The molecule has 46 heavy (non-hydrogen) atoms. The maximum atomic E-state index is 12.5. The predicted molar refractivity (Wildman–Crippen MR) is 173 cm³/mol. The van der Waals surface area contributed by atoms with E-state index in [0.29, 0.717) is 23.6 Å². The minimum absolute atomic E-state index is 0.0300. The second-order valence-electron chi connectivity index (χ2n) is 10.5. The van der Waals surface area contributed by atoms with Gasteiger partial charge in [-0.2, -0.15) is 4.98 Å². The Balaban J connectivity index is 0.000000216. The molecular formula is C31H35N5O8S2. The van der Waals surface area contributed by atoms with Crippen LogP contribution in [0.2, 0.25) is 0 Å². The molecule has 2 aromatic heterocycles. The molecule has 2 atom stereocenters. The van der Waals surface area contributed by atoms with Crippen molar-refractivity contribution >= 4 is 58.5 Å². The molecule has 5 rings (SSSR count).